The van der Waals surface area contributed by atoms with Crippen LogP contribution in [0.15, 0.2) is 53.1 Å². The number of ether oxygens (including phenoxy) is 1. The van der Waals surface area contributed by atoms with Crippen molar-refractivity contribution < 1.29 is 28.8 Å². The van der Waals surface area contributed by atoms with Crippen molar-refractivity contribution in [3.05, 3.63) is 82.4 Å². The molecule has 0 aliphatic carbocycles. The van der Waals surface area contributed by atoms with E-state index in [9.17, 15) is 19.5 Å². The predicted octanol–water partition coefficient (Wildman–Crippen LogP) is 3.48. The first-order valence-electron chi connectivity index (χ1n) is 11.2. The molecule has 1 atom stereocenters. The van der Waals surface area contributed by atoms with Gasteiger partial charge in [-0.1, -0.05) is 29.9 Å². The Kier molecular flexibility index (Phi) is 6.52. The monoisotopic (exact) mass is 490 g/mol. The number of benzene rings is 1. The van der Waals surface area contributed by atoms with Gasteiger partial charge < -0.3 is 24.7 Å². The average Bonchev–Trinajstić information content (AvgIpc) is 3.50. The van der Waals surface area contributed by atoms with Crippen LogP contribution in [0.2, 0.25) is 0 Å². The minimum Gasteiger partial charge on any atom is -0.507 e. The fourth-order valence-corrected chi connectivity index (χ4v) is 4.37. The van der Waals surface area contributed by atoms with Crippen molar-refractivity contribution in [2.24, 2.45) is 0 Å². The number of Topliss-reactive ketones (excluding diaryl/α,β-unsaturated/α-hetero) is 1. The van der Waals surface area contributed by atoms with Crippen LogP contribution in [-0.4, -0.2) is 46.5 Å². The number of carbonyl (C=O) groups is 3. The minimum absolute atomic E-state index is 0.129. The molecule has 3 N–H and O–H groups in total. The van der Waals surface area contributed by atoms with Crippen LogP contribution in [0.5, 0.6) is 5.75 Å². The molecular weight excluding hydrogens is 464 g/mol. The number of aromatic amines is 1. The van der Waals surface area contributed by atoms with Crippen LogP contribution >= 0.6 is 0 Å². The molecule has 1 aliphatic rings. The third-order valence-electron chi connectivity index (χ3n) is 5.98. The van der Waals surface area contributed by atoms with E-state index in [-0.39, 0.29) is 35.2 Å². The molecule has 36 heavy (non-hydrogen) atoms. The standard InChI is InChI=1S/C26H26N4O6/c1-6-10-35-17-9-7-8-16(12-17)22-20(24(32)26(34)30(22)18-11-13(2)36-29-18)23(31)19-14(3)21(25(33)27-5)28-15(19)4/h6-9,11-12,22,28,31H,1,10H2,2-5H3,(H,27,33)/b23-20+. The minimum atomic E-state index is -1.03. The van der Waals surface area contributed by atoms with E-state index in [0.29, 0.717) is 28.3 Å². The topological polar surface area (TPSA) is 138 Å². The highest BCUT2D eigenvalue weighted by Crippen LogP contribution is 2.43. The normalized spacial score (nSPS) is 16.9. The van der Waals surface area contributed by atoms with Gasteiger partial charge in [0, 0.05) is 24.4 Å². The van der Waals surface area contributed by atoms with Crippen molar-refractivity contribution in [3.8, 4) is 5.75 Å². The second-order valence-electron chi connectivity index (χ2n) is 8.34. The van der Waals surface area contributed by atoms with Crippen LogP contribution in [0.3, 0.4) is 0 Å². The lowest BCUT2D eigenvalue weighted by molar-refractivity contribution is -0.132. The summed E-state index contributed by atoms with van der Waals surface area (Å²) in [6.45, 7) is 8.89. The summed E-state index contributed by atoms with van der Waals surface area (Å²) in [6, 6.07) is 7.36. The number of aliphatic hydroxyl groups excluding tert-OH is 1. The average molecular weight is 491 g/mol. The van der Waals surface area contributed by atoms with Crippen molar-refractivity contribution in [2.45, 2.75) is 26.8 Å². The van der Waals surface area contributed by atoms with Gasteiger partial charge in [0.1, 0.15) is 29.6 Å². The summed E-state index contributed by atoms with van der Waals surface area (Å²) in [5.41, 5.74) is 1.79. The molecule has 0 radical (unpaired) electrons. The Bertz CT molecular complexity index is 1410. The molecule has 1 unspecified atom stereocenters. The van der Waals surface area contributed by atoms with Crippen LogP contribution in [-0.2, 0) is 9.59 Å². The molecule has 186 valence electrons. The molecule has 0 spiro atoms. The number of carbonyl (C=O) groups excluding carboxylic acids is 3. The van der Waals surface area contributed by atoms with Gasteiger partial charge in [-0.25, -0.2) is 0 Å². The Balaban J connectivity index is 1.96. The lowest BCUT2D eigenvalue weighted by Gasteiger charge is -2.23. The van der Waals surface area contributed by atoms with E-state index in [0.717, 1.165) is 0 Å². The number of anilines is 1. The zero-order chi connectivity index (χ0) is 26.1. The lowest BCUT2D eigenvalue weighted by Crippen LogP contribution is -2.29. The molecular formula is C26H26N4O6. The van der Waals surface area contributed by atoms with Gasteiger partial charge in [-0.3, -0.25) is 19.3 Å². The van der Waals surface area contributed by atoms with E-state index in [1.807, 2.05) is 0 Å². The first-order valence-corrected chi connectivity index (χ1v) is 11.2. The Morgan fingerprint density at radius 3 is 2.69 bits per heavy atom. The van der Waals surface area contributed by atoms with Gasteiger partial charge in [-0.2, -0.15) is 0 Å². The van der Waals surface area contributed by atoms with Gasteiger partial charge in [0.05, 0.1) is 11.6 Å². The Labute approximate surface area is 207 Å². The number of nitrogens with zero attached hydrogens (tertiary/aromatic N) is 2. The number of rotatable bonds is 7. The highest BCUT2D eigenvalue weighted by atomic mass is 16.5. The Morgan fingerprint density at radius 2 is 2.06 bits per heavy atom. The second-order valence-corrected chi connectivity index (χ2v) is 8.34. The number of aliphatic hydroxyl groups is 1. The largest absolute Gasteiger partial charge is 0.507 e. The Morgan fingerprint density at radius 1 is 1.31 bits per heavy atom. The zero-order valence-corrected chi connectivity index (χ0v) is 20.3. The molecule has 1 aromatic carbocycles. The predicted molar refractivity (Wildman–Crippen MR) is 132 cm³/mol. The molecule has 2 aromatic heterocycles. The van der Waals surface area contributed by atoms with Crippen LogP contribution in [0, 0.1) is 20.8 Å². The van der Waals surface area contributed by atoms with E-state index in [4.69, 9.17) is 9.26 Å². The first-order chi connectivity index (χ1) is 17.2. The summed E-state index contributed by atoms with van der Waals surface area (Å²) < 4.78 is 10.8. The third-order valence-corrected chi connectivity index (χ3v) is 5.98. The van der Waals surface area contributed by atoms with E-state index in [1.165, 1.54) is 18.0 Å². The summed E-state index contributed by atoms with van der Waals surface area (Å²) in [5, 5.41) is 18.0. The van der Waals surface area contributed by atoms with Crippen LogP contribution < -0.4 is 15.0 Å². The maximum Gasteiger partial charge on any atom is 0.301 e. The van der Waals surface area contributed by atoms with Gasteiger partial charge >= 0.3 is 5.91 Å². The van der Waals surface area contributed by atoms with E-state index in [1.54, 1.807) is 51.1 Å². The Hall–Kier alpha value is -4.60. The summed E-state index contributed by atoms with van der Waals surface area (Å²) >= 11 is 0. The van der Waals surface area contributed by atoms with Crippen molar-refractivity contribution in [1.82, 2.24) is 15.5 Å². The quantitative estimate of drug-likeness (QED) is 0.199. The van der Waals surface area contributed by atoms with Crippen molar-refractivity contribution in [3.63, 3.8) is 0 Å². The molecule has 1 aliphatic heterocycles. The number of H-pyrrole nitrogens is 1. The zero-order valence-electron chi connectivity index (χ0n) is 20.3. The lowest BCUT2D eigenvalue weighted by atomic mass is 9.94. The molecule has 10 nitrogen and oxygen atoms in total. The van der Waals surface area contributed by atoms with E-state index in [2.05, 4.69) is 22.0 Å². The molecule has 3 heterocycles. The summed E-state index contributed by atoms with van der Waals surface area (Å²) in [7, 11) is 1.49. The number of ketones is 1. The summed E-state index contributed by atoms with van der Waals surface area (Å²) in [4.78, 5) is 43.1. The van der Waals surface area contributed by atoms with Crippen LogP contribution in [0.25, 0.3) is 5.76 Å². The smallest absolute Gasteiger partial charge is 0.301 e. The maximum absolute atomic E-state index is 13.4. The van der Waals surface area contributed by atoms with E-state index >= 15 is 0 Å². The summed E-state index contributed by atoms with van der Waals surface area (Å²) in [5.74, 6) is -1.48. The SMILES string of the molecule is C=CCOc1cccc(C2/C(=C(\O)c3c(C)[nH]c(C(=O)NC)c3C)C(=O)C(=O)N2c2cc(C)on2)c1. The highest BCUT2D eigenvalue weighted by Gasteiger charge is 2.48. The fraction of sp³-hybridized carbons (Fsp3) is 0.231. The van der Waals surface area contributed by atoms with Crippen molar-refractivity contribution in [2.75, 3.05) is 18.6 Å². The molecule has 3 aromatic rings. The first kappa shape index (κ1) is 24.5. The molecule has 0 saturated carbocycles. The number of hydrogen-bond donors (Lipinski definition) is 3. The molecule has 4 rings (SSSR count). The van der Waals surface area contributed by atoms with Crippen LogP contribution in [0.1, 0.15) is 44.7 Å². The molecule has 2 amide bonds. The second kappa shape index (κ2) is 9.57. The van der Waals surface area contributed by atoms with Gasteiger partial charge in [0.25, 0.3) is 11.7 Å². The number of aromatic nitrogens is 2. The number of aryl methyl sites for hydroxylation is 2. The summed E-state index contributed by atoms with van der Waals surface area (Å²) in [6.07, 6.45) is 1.60. The maximum atomic E-state index is 13.4. The van der Waals surface area contributed by atoms with Gasteiger partial charge in [0.15, 0.2) is 5.82 Å². The number of nitrogens with one attached hydrogen (secondary N) is 2. The van der Waals surface area contributed by atoms with Crippen LogP contribution in [0.4, 0.5) is 5.82 Å². The molecule has 1 saturated heterocycles. The molecule has 10 heteroatoms. The molecule has 0 bridgehead atoms. The van der Waals surface area contributed by atoms with E-state index < -0.39 is 23.5 Å². The van der Waals surface area contributed by atoms with Gasteiger partial charge in [-0.15, -0.1) is 0 Å². The van der Waals surface area contributed by atoms with Crippen molar-refractivity contribution in [1.29, 1.82) is 0 Å². The fourth-order valence-electron chi connectivity index (χ4n) is 4.37. The van der Waals surface area contributed by atoms with Gasteiger partial charge in [-0.05, 0) is 44.0 Å². The number of hydrogen-bond acceptors (Lipinski definition) is 7. The third kappa shape index (κ3) is 4.06. The van der Waals surface area contributed by atoms with Gasteiger partial charge in [0.2, 0.25) is 0 Å². The van der Waals surface area contributed by atoms with Crippen molar-refractivity contribution >= 4 is 29.2 Å². The highest BCUT2D eigenvalue weighted by molar-refractivity contribution is 6.51. The number of amides is 2. The molecule has 1 fully saturated rings.